The third kappa shape index (κ3) is 4.19. The highest BCUT2D eigenvalue weighted by molar-refractivity contribution is 5.78. The van der Waals surface area contributed by atoms with Crippen LogP contribution >= 0.6 is 0 Å². The van der Waals surface area contributed by atoms with Crippen molar-refractivity contribution in [2.24, 2.45) is 16.7 Å². The molecule has 2 bridgehead atoms. The summed E-state index contributed by atoms with van der Waals surface area (Å²) in [5.41, 5.74) is 3.30. The summed E-state index contributed by atoms with van der Waals surface area (Å²) in [5.74, 6) is 1.26. The molecule has 1 aromatic heterocycles. The molecule has 2 aromatic rings. The fraction of sp³-hybridized carbons (Fsp3) is 0.577. The monoisotopic (exact) mass is 449 g/mol. The number of carbonyl (C=O) groups is 1. The van der Waals surface area contributed by atoms with E-state index in [2.05, 4.69) is 58.4 Å². The predicted octanol–water partition coefficient (Wildman–Crippen LogP) is 3.93. The Morgan fingerprint density at radius 2 is 1.91 bits per heavy atom. The number of morpholine rings is 1. The highest BCUT2D eigenvalue weighted by Crippen LogP contribution is 2.65. The second kappa shape index (κ2) is 8.60. The number of nitrogens with one attached hydrogen (secondary N) is 2. The number of ether oxygens (including phenoxy) is 1. The van der Waals surface area contributed by atoms with E-state index in [1.165, 1.54) is 18.5 Å². The van der Waals surface area contributed by atoms with Crippen LogP contribution in [0.5, 0.6) is 0 Å². The lowest BCUT2D eigenvalue weighted by Crippen LogP contribution is -2.47. The Kier molecular flexibility index (Phi) is 5.77. The van der Waals surface area contributed by atoms with E-state index in [0.29, 0.717) is 11.9 Å². The molecular weight excluding hydrogens is 414 g/mol. The van der Waals surface area contributed by atoms with Gasteiger partial charge in [-0.25, -0.2) is 9.97 Å². The molecule has 176 valence electrons. The van der Waals surface area contributed by atoms with Gasteiger partial charge >= 0.3 is 0 Å². The predicted molar refractivity (Wildman–Crippen MR) is 130 cm³/mol. The van der Waals surface area contributed by atoms with Crippen LogP contribution in [0, 0.1) is 16.7 Å². The molecule has 2 saturated carbocycles. The number of rotatable bonds is 6. The first kappa shape index (κ1) is 22.1. The number of aromatic nitrogens is 2. The third-order valence-corrected chi connectivity index (χ3v) is 8.68. The van der Waals surface area contributed by atoms with Gasteiger partial charge in [0.2, 0.25) is 11.9 Å². The molecule has 7 nitrogen and oxygen atoms in total. The Hall–Kier alpha value is -2.67. The largest absolute Gasteiger partial charge is 0.378 e. The van der Waals surface area contributed by atoms with Gasteiger partial charge in [-0.3, -0.25) is 4.79 Å². The van der Waals surface area contributed by atoms with Gasteiger partial charge in [0, 0.05) is 36.7 Å². The molecule has 2 heterocycles. The molecule has 1 amide bonds. The summed E-state index contributed by atoms with van der Waals surface area (Å²) >= 11 is 0. The summed E-state index contributed by atoms with van der Waals surface area (Å²) in [7, 11) is 0. The molecule has 1 aromatic carbocycles. The summed E-state index contributed by atoms with van der Waals surface area (Å²) in [4.78, 5) is 24.1. The Morgan fingerprint density at radius 3 is 2.58 bits per heavy atom. The Labute approximate surface area is 196 Å². The summed E-state index contributed by atoms with van der Waals surface area (Å²) in [6.45, 7) is 10.5. The maximum Gasteiger partial charge on any atom is 0.227 e. The molecule has 2 N–H and O–H groups in total. The minimum absolute atomic E-state index is 0.0455. The van der Waals surface area contributed by atoms with Crippen LogP contribution in [-0.2, 0) is 16.0 Å². The van der Waals surface area contributed by atoms with Crippen molar-refractivity contribution in [3.05, 3.63) is 42.2 Å². The number of hydrogen-bond acceptors (Lipinski definition) is 6. The van der Waals surface area contributed by atoms with Crippen molar-refractivity contribution in [3.63, 3.8) is 0 Å². The van der Waals surface area contributed by atoms with Crippen LogP contribution in [-0.4, -0.2) is 48.2 Å². The van der Waals surface area contributed by atoms with Gasteiger partial charge in [0.1, 0.15) is 0 Å². The minimum atomic E-state index is 0.0455. The number of anilines is 3. The number of benzene rings is 1. The molecule has 5 rings (SSSR count). The molecule has 33 heavy (non-hydrogen) atoms. The van der Waals surface area contributed by atoms with E-state index in [-0.39, 0.29) is 29.2 Å². The van der Waals surface area contributed by atoms with Gasteiger partial charge in [-0.15, -0.1) is 0 Å². The molecule has 0 radical (unpaired) electrons. The number of amides is 1. The van der Waals surface area contributed by atoms with Crippen LogP contribution < -0.4 is 15.5 Å². The first-order valence-corrected chi connectivity index (χ1v) is 12.2. The van der Waals surface area contributed by atoms with Crippen molar-refractivity contribution in [3.8, 4) is 0 Å². The highest BCUT2D eigenvalue weighted by atomic mass is 16.5. The second-order valence-electron chi connectivity index (χ2n) is 10.6. The number of fused-ring (bicyclic) bond motifs is 2. The van der Waals surface area contributed by atoms with E-state index >= 15 is 0 Å². The lowest BCUT2D eigenvalue weighted by Gasteiger charge is -2.39. The van der Waals surface area contributed by atoms with Crippen molar-refractivity contribution >= 4 is 23.2 Å². The second-order valence-corrected chi connectivity index (χ2v) is 10.6. The van der Waals surface area contributed by atoms with Crippen LogP contribution in [0.15, 0.2) is 36.5 Å². The topological polar surface area (TPSA) is 79.4 Å². The quantitative estimate of drug-likeness (QED) is 0.696. The Morgan fingerprint density at radius 1 is 1.15 bits per heavy atom. The van der Waals surface area contributed by atoms with Crippen molar-refractivity contribution in [1.82, 2.24) is 15.3 Å². The molecular formula is C26H35N5O2. The Bertz CT molecular complexity index is 1000. The van der Waals surface area contributed by atoms with Crippen molar-refractivity contribution in [2.75, 3.05) is 36.5 Å². The summed E-state index contributed by atoms with van der Waals surface area (Å²) in [6.07, 6.45) is 5.55. The average molecular weight is 450 g/mol. The molecule has 1 saturated heterocycles. The van der Waals surface area contributed by atoms with Crippen LogP contribution in [0.25, 0.3) is 0 Å². The van der Waals surface area contributed by atoms with Crippen LogP contribution in [0.2, 0.25) is 0 Å². The maximum atomic E-state index is 12.8. The molecule has 3 aliphatic rings. The van der Waals surface area contributed by atoms with Crippen LogP contribution in [0.1, 0.15) is 45.7 Å². The number of carbonyl (C=O) groups excluding carboxylic acids is 1. The van der Waals surface area contributed by atoms with Gasteiger partial charge < -0.3 is 20.3 Å². The maximum absolute atomic E-state index is 12.8. The summed E-state index contributed by atoms with van der Waals surface area (Å²) < 4.78 is 5.43. The van der Waals surface area contributed by atoms with Crippen LogP contribution in [0.4, 0.5) is 17.3 Å². The lowest BCUT2D eigenvalue weighted by atomic mass is 9.69. The normalized spacial score (nSPS) is 28.0. The molecule has 3 unspecified atom stereocenters. The zero-order valence-electron chi connectivity index (χ0n) is 19.9. The summed E-state index contributed by atoms with van der Waals surface area (Å²) in [6, 6.07) is 10.3. The van der Waals surface area contributed by atoms with Gasteiger partial charge in [-0.05, 0) is 66.3 Å². The highest BCUT2D eigenvalue weighted by Gasteiger charge is 2.61. The van der Waals surface area contributed by atoms with E-state index < -0.39 is 0 Å². The molecule has 3 atom stereocenters. The zero-order chi connectivity index (χ0) is 23.1. The van der Waals surface area contributed by atoms with Gasteiger partial charge in [0.15, 0.2) is 0 Å². The van der Waals surface area contributed by atoms with Crippen molar-refractivity contribution in [1.29, 1.82) is 0 Å². The average Bonchev–Trinajstić information content (AvgIpc) is 3.14. The smallest absolute Gasteiger partial charge is 0.227 e. The fourth-order valence-corrected chi connectivity index (χ4v) is 6.09. The van der Waals surface area contributed by atoms with Gasteiger partial charge in [-0.1, -0.05) is 20.8 Å². The number of nitrogens with zero attached hydrogens (tertiary/aromatic N) is 3. The van der Waals surface area contributed by atoms with Crippen molar-refractivity contribution < 1.29 is 9.53 Å². The molecule has 1 aliphatic heterocycles. The molecule has 3 fully saturated rings. The Balaban J connectivity index is 1.19. The standard InChI is InChI=1S/C26H35N5O2/c1-25(2)18-8-10-26(25,3)22(16-18)30-23(32)17-20-9-11-27-24(29-20)28-19-4-6-21(7-5-19)31-12-14-33-15-13-31/h4-7,9,11,18,22H,8,10,12-17H2,1-3H3,(H,30,32)(H,27,28,29). The van der Waals surface area contributed by atoms with E-state index in [4.69, 9.17) is 4.74 Å². The third-order valence-electron chi connectivity index (χ3n) is 8.68. The van der Waals surface area contributed by atoms with Crippen LogP contribution in [0.3, 0.4) is 0 Å². The fourth-order valence-electron chi connectivity index (χ4n) is 6.09. The van der Waals surface area contributed by atoms with Gasteiger partial charge in [-0.2, -0.15) is 0 Å². The van der Waals surface area contributed by atoms with E-state index in [0.717, 1.165) is 44.1 Å². The summed E-state index contributed by atoms with van der Waals surface area (Å²) in [5, 5.41) is 6.59. The first-order chi connectivity index (χ1) is 15.8. The van der Waals surface area contributed by atoms with E-state index in [1.807, 2.05) is 18.2 Å². The molecule has 7 heteroatoms. The van der Waals surface area contributed by atoms with Gasteiger partial charge in [0.25, 0.3) is 0 Å². The SMILES string of the molecule is CC1(C)C2CCC1(C)C(NC(=O)Cc1ccnc(Nc3ccc(N4CCOCC4)cc3)n1)C2. The first-order valence-electron chi connectivity index (χ1n) is 12.2. The number of hydrogen-bond donors (Lipinski definition) is 2. The van der Waals surface area contributed by atoms with Gasteiger partial charge in [0.05, 0.1) is 25.3 Å². The van der Waals surface area contributed by atoms with E-state index in [9.17, 15) is 4.79 Å². The molecule has 0 spiro atoms. The lowest BCUT2D eigenvalue weighted by molar-refractivity contribution is -0.122. The zero-order valence-corrected chi connectivity index (χ0v) is 19.9. The van der Waals surface area contributed by atoms with Crippen molar-refractivity contribution in [2.45, 2.75) is 52.5 Å². The molecule has 2 aliphatic carbocycles. The minimum Gasteiger partial charge on any atom is -0.378 e. The van der Waals surface area contributed by atoms with E-state index in [1.54, 1.807) is 6.20 Å².